The molecule has 0 aliphatic carbocycles. The summed E-state index contributed by atoms with van der Waals surface area (Å²) in [6.07, 6.45) is 13.0. The summed E-state index contributed by atoms with van der Waals surface area (Å²) < 4.78 is 13.7. The van der Waals surface area contributed by atoms with Crippen LogP contribution < -0.4 is 9.13 Å². The van der Waals surface area contributed by atoms with Crippen LogP contribution in [0.5, 0.6) is 0 Å². The van der Waals surface area contributed by atoms with Crippen LogP contribution in [0.4, 0.5) is 0 Å². The second-order valence-electron chi connectivity index (χ2n) is 5.14. The summed E-state index contributed by atoms with van der Waals surface area (Å²) in [4.78, 5) is 11.6. The molecule has 6 heteroatoms. The average molecular weight is 304 g/mol. The molecule has 0 bridgehead atoms. The summed E-state index contributed by atoms with van der Waals surface area (Å²) in [5.41, 5.74) is 0. The highest BCUT2D eigenvalue weighted by molar-refractivity contribution is 5.81. The van der Waals surface area contributed by atoms with Crippen molar-refractivity contribution in [3.8, 4) is 0 Å². The van der Waals surface area contributed by atoms with Crippen LogP contribution >= 0.6 is 0 Å². The van der Waals surface area contributed by atoms with Crippen LogP contribution in [0.25, 0.3) is 0 Å². The van der Waals surface area contributed by atoms with Crippen molar-refractivity contribution in [1.29, 1.82) is 0 Å². The van der Waals surface area contributed by atoms with Gasteiger partial charge >= 0.3 is 5.97 Å². The SMILES string of the molecule is C=CC(=O)OC(C[n+]1ccn(CC)c1)C[n+]1ccn(CC)c1. The van der Waals surface area contributed by atoms with Crippen LogP contribution in [0.2, 0.25) is 0 Å². The zero-order valence-corrected chi connectivity index (χ0v) is 13.3. The lowest BCUT2D eigenvalue weighted by Gasteiger charge is -2.13. The molecule has 0 atom stereocenters. The van der Waals surface area contributed by atoms with E-state index in [1.807, 2.05) is 46.6 Å². The Labute approximate surface area is 130 Å². The van der Waals surface area contributed by atoms with Gasteiger partial charge < -0.3 is 4.74 Å². The topological polar surface area (TPSA) is 43.9 Å². The van der Waals surface area contributed by atoms with Gasteiger partial charge in [0.05, 0.1) is 13.1 Å². The molecule has 0 aromatic carbocycles. The molecule has 22 heavy (non-hydrogen) atoms. The summed E-state index contributed by atoms with van der Waals surface area (Å²) in [5.74, 6) is -0.393. The van der Waals surface area contributed by atoms with Gasteiger partial charge in [-0.05, 0) is 13.8 Å². The van der Waals surface area contributed by atoms with E-state index in [4.69, 9.17) is 4.74 Å². The molecule has 0 N–H and O–H groups in total. The molecule has 2 aromatic rings. The van der Waals surface area contributed by atoms with Crippen LogP contribution in [-0.4, -0.2) is 21.2 Å². The quantitative estimate of drug-likeness (QED) is 0.409. The lowest BCUT2D eigenvalue weighted by molar-refractivity contribution is -0.736. The number of aryl methyl sites for hydroxylation is 2. The summed E-state index contributed by atoms with van der Waals surface area (Å²) in [6.45, 7) is 10.7. The molecule has 2 heterocycles. The van der Waals surface area contributed by atoms with Crippen molar-refractivity contribution >= 4 is 5.97 Å². The van der Waals surface area contributed by atoms with Gasteiger partial charge in [0.2, 0.25) is 12.7 Å². The molecular weight excluding hydrogens is 280 g/mol. The molecule has 0 aliphatic rings. The second kappa shape index (κ2) is 7.59. The third kappa shape index (κ3) is 4.31. The van der Waals surface area contributed by atoms with Crippen LogP contribution in [0.15, 0.2) is 50.1 Å². The number of hydrogen-bond acceptors (Lipinski definition) is 2. The van der Waals surface area contributed by atoms with Gasteiger partial charge in [-0.1, -0.05) is 6.58 Å². The first-order valence-electron chi connectivity index (χ1n) is 7.57. The van der Waals surface area contributed by atoms with Crippen molar-refractivity contribution in [3.63, 3.8) is 0 Å². The number of carbonyl (C=O) groups excluding carboxylic acids is 1. The summed E-state index contributed by atoms with van der Waals surface area (Å²) in [7, 11) is 0. The molecule has 2 rings (SSSR count). The van der Waals surface area contributed by atoms with E-state index in [1.165, 1.54) is 6.08 Å². The zero-order valence-electron chi connectivity index (χ0n) is 13.3. The van der Waals surface area contributed by atoms with Crippen LogP contribution in [0.1, 0.15) is 13.8 Å². The van der Waals surface area contributed by atoms with Crippen molar-refractivity contribution in [2.45, 2.75) is 46.1 Å². The number of nitrogens with zero attached hydrogens (tertiary/aromatic N) is 4. The Kier molecular flexibility index (Phi) is 5.52. The number of ether oxygens (including phenoxy) is 1. The highest BCUT2D eigenvalue weighted by atomic mass is 16.5. The first kappa shape index (κ1) is 16.0. The molecule has 0 spiro atoms. The number of aromatic nitrogens is 4. The largest absolute Gasteiger partial charge is 0.451 e. The maximum atomic E-state index is 11.6. The van der Waals surface area contributed by atoms with Crippen LogP contribution in [0.3, 0.4) is 0 Å². The summed E-state index contributed by atoms with van der Waals surface area (Å²) >= 11 is 0. The van der Waals surface area contributed by atoms with E-state index >= 15 is 0 Å². The molecule has 118 valence electrons. The first-order valence-corrected chi connectivity index (χ1v) is 7.57. The number of imidazole rings is 2. The van der Waals surface area contributed by atoms with Crippen molar-refractivity contribution in [1.82, 2.24) is 9.13 Å². The number of hydrogen-bond donors (Lipinski definition) is 0. The zero-order chi connectivity index (χ0) is 15.9. The monoisotopic (exact) mass is 304 g/mol. The molecule has 0 amide bonds. The van der Waals surface area contributed by atoms with Crippen LogP contribution in [-0.2, 0) is 35.7 Å². The molecule has 2 aromatic heterocycles. The summed E-state index contributed by atoms with van der Waals surface area (Å²) in [5, 5.41) is 0. The van der Waals surface area contributed by atoms with Gasteiger partial charge in [-0.2, -0.15) is 0 Å². The van der Waals surface area contributed by atoms with Gasteiger partial charge in [0.15, 0.2) is 6.10 Å². The molecule has 6 nitrogen and oxygen atoms in total. The Morgan fingerprint density at radius 2 is 1.64 bits per heavy atom. The van der Waals surface area contributed by atoms with E-state index in [1.54, 1.807) is 0 Å². The van der Waals surface area contributed by atoms with Gasteiger partial charge in [0, 0.05) is 6.08 Å². The molecule has 0 radical (unpaired) electrons. The minimum atomic E-state index is -0.393. The van der Waals surface area contributed by atoms with Gasteiger partial charge in [-0.15, -0.1) is 0 Å². The third-order valence-corrected chi connectivity index (χ3v) is 3.50. The van der Waals surface area contributed by atoms with Gasteiger partial charge in [-0.25, -0.2) is 23.1 Å². The van der Waals surface area contributed by atoms with Gasteiger partial charge in [0.25, 0.3) is 0 Å². The minimum Gasteiger partial charge on any atom is -0.451 e. The van der Waals surface area contributed by atoms with Crippen molar-refractivity contribution < 1.29 is 18.7 Å². The van der Waals surface area contributed by atoms with Crippen molar-refractivity contribution in [2.24, 2.45) is 0 Å². The Hall–Kier alpha value is -2.37. The fourth-order valence-electron chi connectivity index (χ4n) is 2.28. The van der Waals surface area contributed by atoms with Gasteiger partial charge in [0.1, 0.15) is 37.9 Å². The third-order valence-electron chi connectivity index (χ3n) is 3.50. The Morgan fingerprint density at radius 1 is 1.14 bits per heavy atom. The smallest absolute Gasteiger partial charge is 0.330 e. The highest BCUT2D eigenvalue weighted by Gasteiger charge is 2.20. The maximum absolute atomic E-state index is 11.6. The normalized spacial score (nSPS) is 10.9. The maximum Gasteiger partial charge on any atom is 0.330 e. The highest BCUT2D eigenvalue weighted by Crippen LogP contribution is 1.97. The predicted octanol–water partition coefficient (Wildman–Crippen LogP) is 0.702. The average Bonchev–Trinajstić information content (AvgIpc) is 3.16. The lowest BCUT2D eigenvalue weighted by atomic mass is 10.3. The van der Waals surface area contributed by atoms with Crippen molar-refractivity contribution in [2.75, 3.05) is 0 Å². The Morgan fingerprint density at radius 3 is 2.00 bits per heavy atom. The van der Waals surface area contributed by atoms with E-state index < -0.39 is 5.97 Å². The Bertz CT molecular complexity index is 585. The molecular formula is C16H24N4O2+2. The molecule has 0 unspecified atom stereocenters. The fraction of sp³-hybridized carbons (Fsp3) is 0.438. The van der Waals surface area contributed by atoms with Crippen molar-refractivity contribution in [3.05, 3.63) is 50.1 Å². The molecule has 0 saturated heterocycles. The van der Waals surface area contributed by atoms with E-state index in [-0.39, 0.29) is 6.10 Å². The molecule has 0 aliphatic heterocycles. The number of rotatable bonds is 8. The molecule has 0 fully saturated rings. The van der Waals surface area contributed by atoms with E-state index in [0.717, 1.165) is 13.1 Å². The predicted molar refractivity (Wildman–Crippen MR) is 80.7 cm³/mol. The van der Waals surface area contributed by atoms with E-state index in [2.05, 4.69) is 29.6 Å². The van der Waals surface area contributed by atoms with E-state index in [0.29, 0.717) is 13.1 Å². The second-order valence-corrected chi connectivity index (χ2v) is 5.14. The fourth-order valence-corrected chi connectivity index (χ4v) is 2.28. The Balaban J connectivity index is 2.07. The van der Waals surface area contributed by atoms with Crippen LogP contribution in [0, 0.1) is 0 Å². The van der Waals surface area contributed by atoms with Gasteiger partial charge in [-0.3, -0.25) is 0 Å². The minimum absolute atomic E-state index is 0.249. The van der Waals surface area contributed by atoms with E-state index in [9.17, 15) is 4.79 Å². The molecule has 0 saturated carbocycles. The number of esters is 1. The lowest BCUT2D eigenvalue weighted by Crippen LogP contribution is -2.47. The summed E-state index contributed by atoms with van der Waals surface area (Å²) in [6, 6.07) is 0. The standard InChI is InChI=1S/C16H24N4O2/c1-4-16(21)22-15(11-19-9-7-17(5-2)13-19)12-20-10-8-18(6-3)14-20/h4,7-10,13-15H,1,5-6,11-12H2,2-3H3/q+2. The first-order chi connectivity index (χ1) is 10.6. The number of carbonyl (C=O) groups is 1.